The summed E-state index contributed by atoms with van der Waals surface area (Å²) in [6.45, 7) is 11.9. The van der Waals surface area contributed by atoms with Crippen LogP contribution in [0.4, 0.5) is 4.79 Å². The maximum Gasteiger partial charge on any atom is 0.411 e. The quantitative estimate of drug-likeness (QED) is 0.774. The summed E-state index contributed by atoms with van der Waals surface area (Å²) in [6, 6.07) is -0.903. The zero-order chi connectivity index (χ0) is 15.8. The van der Waals surface area contributed by atoms with Crippen LogP contribution in [0.5, 0.6) is 0 Å². The van der Waals surface area contributed by atoms with Crippen molar-refractivity contribution < 1.29 is 19.4 Å². The Morgan fingerprint density at radius 3 is 2.25 bits per heavy atom. The molecule has 0 spiro atoms. The van der Waals surface area contributed by atoms with Crippen LogP contribution in [0.2, 0.25) is 0 Å². The van der Waals surface area contributed by atoms with E-state index in [1.807, 2.05) is 0 Å². The average molecular weight is 286 g/mol. The highest BCUT2D eigenvalue weighted by Gasteiger charge is 2.33. The van der Waals surface area contributed by atoms with Crippen LogP contribution in [0.15, 0.2) is 12.2 Å². The van der Waals surface area contributed by atoms with E-state index in [-0.39, 0.29) is 6.54 Å². The predicted octanol–water partition coefficient (Wildman–Crippen LogP) is 1.86. The summed E-state index contributed by atoms with van der Waals surface area (Å²) < 4.78 is 5.09. The van der Waals surface area contributed by atoms with Crippen LogP contribution in [0.25, 0.3) is 0 Å². The summed E-state index contributed by atoms with van der Waals surface area (Å²) in [5.41, 5.74) is -0.608. The number of ether oxygens (including phenoxy) is 1. The fourth-order valence-electron chi connectivity index (χ4n) is 1.50. The minimum atomic E-state index is -1.05. The van der Waals surface area contributed by atoms with Crippen LogP contribution in [0, 0.1) is 0 Å². The van der Waals surface area contributed by atoms with Crippen LogP contribution in [-0.2, 0) is 9.53 Å². The van der Waals surface area contributed by atoms with Crippen molar-refractivity contribution in [2.75, 3.05) is 19.6 Å². The number of nitrogens with one attached hydrogen (secondary N) is 1. The molecule has 0 aromatic rings. The third-order valence-corrected chi connectivity index (χ3v) is 2.34. The number of nitrogens with zero attached hydrogens (tertiary/aromatic N) is 1. The molecule has 0 aromatic heterocycles. The molecule has 6 heteroatoms. The standard InChI is InChI=1S/C10H15NO4.C4H11N/c1-10(2,3)15-9(14)11-6-4-5-7(11)8(12)13;1-3-5-4-2/h4-5,7H,6H2,1-3H3,(H,12,13);5H,3-4H2,1-2H3/t7-;/m0./s1. The lowest BCUT2D eigenvalue weighted by molar-refractivity contribution is -0.140. The van der Waals surface area contributed by atoms with E-state index in [1.165, 1.54) is 11.0 Å². The van der Waals surface area contributed by atoms with Gasteiger partial charge in [0.25, 0.3) is 0 Å². The monoisotopic (exact) mass is 286 g/mol. The summed E-state index contributed by atoms with van der Waals surface area (Å²) >= 11 is 0. The third-order valence-electron chi connectivity index (χ3n) is 2.34. The normalized spacial score (nSPS) is 17.4. The van der Waals surface area contributed by atoms with Gasteiger partial charge in [0, 0.05) is 6.54 Å². The second-order valence-corrected chi connectivity index (χ2v) is 5.30. The van der Waals surface area contributed by atoms with E-state index in [4.69, 9.17) is 9.84 Å². The molecule has 0 aromatic carbocycles. The highest BCUT2D eigenvalue weighted by atomic mass is 16.6. The molecule has 0 saturated heterocycles. The van der Waals surface area contributed by atoms with Crippen molar-refractivity contribution in [3.05, 3.63) is 12.2 Å². The third kappa shape index (κ3) is 7.13. The van der Waals surface area contributed by atoms with E-state index in [2.05, 4.69) is 19.2 Å². The maximum absolute atomic E-state index is 11.6. The second kappa shape index (κ2) is 8.58. The molecule has 20 heavy (non-hydrogen) atoms. The molecule has 0 radical (unpaired) electrons. The Morgan fingerprint density at radius 1 is 1.35 bits per heavy atom. The van der Waals surface area contributed by atoms with E-state index in [0.717, 1.165) is 13.1 Å². The number of hydrogen-bond donors (Lipinski definition) is 2. The molecule has 0 fully saturated rings. The Kier molecular flexibility index (Phi) is 7.91. The Balaban J connectivity index is 0.000000621. The molecule has 1 rings (SSSR count). The fraction of sp³-hybridized carbons (Fsp3) is 0.714. The van der Waals surface area contributed by atoms with Gasteiger partial charge in [-0.05, 0) is 33.9 Å². The molecule has 0 unspecified atom stereocenters. The first kappa shape index (κ1) is 18.4. The lowest BCUT2D eigenvalue weighted by atomic mass is 10.2. The van der Waals surface area contributed by atoms with Gasteiger partial charge in [0.05, 0.1) is 0 Å². The number of carboxylic acid groups (broad SMARTS) is 1. The van der Waals surface area contributed by atoms with Gasteiger partial charge in [0.15, 0.2) is 6.04 Å². The largest absolute Gasteiger partial charge is 0.479 e. The number of amides is 1. The first-order chi connectivity index (χ1) is 9.22. The van der Waals surface area contributed by atoms with Crippen molar-refractivity contribution in [2.24, 2.45) is 0 Å². The van der Waals surface area contributed by atoms with E-state index >= 15 is 0 Å². The topological polar surface area (TPSA) is 78.9 Å². The number of hydrogen-bond acceptors (Lipinski definition) is 4. The Morgan fingerprint density at radius 2 is 1.90 bits per heavy atom. The molecule has 1 heterocycles. The first-order valence-electron chi connectivity index (χ1n) is 6.82. The number of carbonyl (C=O) groups is 2. The van der Waals surface area contributed by atoms with E-state index in [1.54, 1.807) is 26.8 Å². The molecule has 1 atom stereocenters. The SMILES string of the molecule is CC(C)(C)OC(=O)N1CC=C[C@H]1C(=O)O.CCNCC. The Hall–Kier alpha value is -1.56. The molecule has 0 saturated carbocycles. The molecule has 2 N–H and O–H groups in total. The van der Waals surface area contributed by atoms with Crippen LogP contribution >= 0.6 is 0 Å². The summed E-state index contributed by atoms with van der Waals surface area (Å²) in [4.78, 5) is 23.5. The summed E-state index contributed by atoms with van der Waals surface area (Å²) in [5, 5.41) is 11.9. The highest BCUT2D eigenvalue weighted by Crippen LogP contribution is 2.16. The zero-order valence-corrected chi connectivity index (χ0v) is 13.0. The molecule has 1 aliphatic heterocycles. The molecule has 0 bridgehead atoms. The van der Waals surface area contributed by atoms with Gasteiger partial charge in [-0.1, -0.05) is 26.0 Å². The minimum absolute atomic E-state index is 0.284. The fourth-order valence-corrected chi connectivity index (χ4v) is 1.50. The molecule has 1 amide bonds. The van der Waals surface area contributed by atoms with Crippen LogP contribution in [0.1, 0.15) is 34.6 Å². The molecule has 0 aliphatic carbocycles. The lowest BCUT2D eigenvalue weighted by Crippen LogP contribution is -2.43. The molecule has 116 valence electrons. The number of aliphatic carboxylic acids is 1. The van der Waals surface area contributed by atoms with E-state index in [0.29, 0.717) is 0 Å². The van der Waals surface area contributed by atoms with E-state index in [9.17, 15) is 9.59 Å². The minimum Gasteiger partial charge on any atom is -0.479 e. The Labute approximate surface area is 120 Å². The number of carboxylic acids is 1. The van der Waals surface area contributed by atoms with Gasteiger partial charge >= 0.3 is 12.1 Å². The summed E-state index contributed by atoms with van der Waals surface area (Å²) in [7, 11) is 0. The smallest absolute Gasteiger partial charge is 0.411 e. The van der Waals surface area contributed by atoms with Crippen molar-refractivity contribution in [1.29, 1.82) is 0 Å². The van der Waals surface area contributed by atoms with Gasteiger partial charge in [-0.25, -0.2) is 9.59 Å². The zero-order valence-electron chi connectivity index (χ0n) is 13.0. The van der Waals surface area contributed by atoms with Crippen LogP contribution < -0.4 is 5.32 Å². The molecular weight excluding hydrogens is 260 g/mol. The first-order valence-corrected chi connectivity index (χ1v) is 6.82. The lowest BCUT2D eigenvalue weighted by Gasteiger charge is -2.26. The molecule has 1 aliphatic rings. The van der Waals surface area contributed by atoms with Gasteiger partial charge in [-0.2, -0.15) is 0 Å². The summed E-state index contributed by atoms with van der Waals surface area (Å²) in [6.07, 6.45) is 2.52. The van der Waals surface area contributed by atoms with Gasteiger partial charge in [-0.3, -0.25) is 4.90 Å². The van der Waals surface area contributed by atoms with Gasteiger partial charge < -0.3 is 15.2 Å². The van der Waals surface area contributed by atoms with E-state index < -0.39 is 23.7 Å². The van der Waals surface area contributed by atoms with Crippen molar-refractivity contribution >= 4 is 12.1 Å². The predicted molar refractivity (Wildman–Crippen MR) is 77.7 cm³/mol. The van der Waals surface area contributed by atoms with Gasteiger partial charge in [0.2, 0.25) is 0 Å². The second-order valence-electron chi connectivity index (χ2n) is 5.30. The van der Waals surface area contributed by atoms with Crippen molar-refractivity contribution in [1.82, 2.24) is 10.2 Å². The van der Waals surface area contributed by atoms with Gasteiger partial charge in [0.1, 0.15) is 5.60 Å². The van der Waals surface area contributed by atoms with Crippen LogP contribution in [-0.4, -0.2) is 53.3 Å². The van der Waals surface area contributed by atoms with Crippen LogP contribution in [0.3, 0.4) is 0 Å². The number of carbonyl (C=O) groups excluding carboxylic acids is 1. The Bertz CT molecular complexity index is 346. The summed E-state index contributed by atoms with van der Waals surface area (Å²) in [5.74, 6) is -1.05. The highest BCUT2D eigenvalue weighted by molar-refractivity contribution is 5.83. The number of rotatable bonds is 3. The van der Waals surface area contributed by atoms with Crippen molar-refractivity contribution in [3.8, 4) is 0 Å². The van der Waals surface area contributed by atoms with Crippen molar-refractivity contribution in [3.63, 3.8) is 0 Å². The average Bonchev–Trinajstić information content (AvgIpc) is 2.77. The molecular formula is C14H26N2O4. The van der Waals surface area contributed by atoms with Crippen molar-refractivity contribution in [2.45, 2.75) is 46.3 Å². The van der Waals surface area contributed by atoms with Gasteiger partial charge in [-0.15, -0.1) is 0 Å². The molecule has 6 nitrogen and oxygen atoms in total. The maximum atomic E-state index is 11.6.